The van der Waals surface area contributed by atoms with Crippen LogP contribution >= 0.6 is 15.9 Å². The summed E-state index contributed by atoms with van der Waals surface area (Å²) < 4.78 is 5.84. The lowest BCUT2D eigenvalue weighted by Crippen LogP contribution is -2.16. The Morgan fingerprint density at radius 3 is 2.65 bits per heavy atom. The fraction of sp³-hybridized carbons (Fsp3) is 0.333. The third kappa shape index (κ3) is 3.56. The van der Waals surface area contributed by atoms with Gasteiger partial charge in [-0.3, -0.25) is 9.59 Å². The van der Waals surface area contributed by atoms with Crippen LogP contribution < -0.4 is 4.74 Å². The fourth-order valence-electron chi connectivity index (χ4n) is 1.49. The number of ketones is 1. The maximum atomic E-state index is 12.0. The van der Waals surface area contributed by atoms with Crippen LogP contribution in [-0.2, 0) is 4.79 Å². The number of Topliss-reactive ketones (excluding diaryl/α,β-unsaturated/α-hetero) is 1. The van der Waals surface area contributed by atoms with Gasteiger partial charge in [0.05, 0.1) is 19.1 Å². The van der Waals surface area contributed by atoms with Crippen LogP contribution in [0.15, 0.2) is 22.7 Å². The van der Waals surface area contributed by atoms with Crippen LogP contribution in [0.1, 0.15) is 23.7 Å². The summed E-state index contributed by atoms with van der Waals surface area (Å²) in [5, 5.41) is 8.67. The van der Waals surface area contributed by atoms with Crippen LogP contribution in [0.2, 0.25) is 0 Å². The monoisotopic (exact) mass is 300 g/mol. The molecule has 0 fully saturated rings. The van der Waals surface area contributed by atoms with Gasteiger partial charge in [-0.1, -0.05) is 22.9 Å². The first-order valence-corrected chi connectivity index (χ1v) is 5.84. The van der Waals surface area contributed by atoms with Crippen molar-refractivity contribution in [1.82, 2.24) is 0 Å². The van der Waals surface area contributed by atoms with Crippen LogP contribution in [-0.4, -0.2) is 24.0 Å². The molecule has 5 heteroatoms. The number of benzene rings is 1. The van der Waals surface area contributed by atoms with Crippen molar-refractivity contribution in [2.24, 2.45) is 5.92 Å². The summed E-state index contributed by atoms with van der Waals surface area (Å²) in [7, 11) is 1.47. The van der Waals surface area contributed by atoms with Crippen molar-refractivity contribution >= 4 is 27.7 Å². The van der Waals surface area contributed by atoms with E-state index < -0.39 is 11.9 Å². The maximum Gasteiger partial charge on any atom is 0.304 e. The van der Waals surface area contributed by atoms with Gasteiger partial charge in [0.15, 0.2) is 5.78 Å². The Hall–Kier alpha value is -1.36. The second kappa shape index (κ2) is 5.82. The average molecular weight is 301 g/mol. The molecule has 0 aliphatic rings. The van der Waals surface area contributed by atoms with E-state index >= 15 is 0 Å². The third-order valence-corrected chi connectivity index (χ3v) is 2.85. The Labute approximate surface area is 108 Å². The Balaban J connectivity index is 3.02. The molecule has 0 radical (unpaired) electrons. The summed E-state index contributed by atoms with van der Waals surface area (Å²) in [5.41, 5.74) is 0.399. The topological polar surface area (TPSA) is 63.6 Å². The molecule has 0 bridgehead atoms. The molecule has 1 aromatic rings. The minimum Gasteiger partial charge on any atom is -0.496 e. The van der Waals surface area contributed by atoms with Crippen LogP contribution in [0.25, 0.3) is 0 Å². The number of carboxylic acid groups (broad SMARTS) is 1. The SMILES string of the molecule is COc1ccc(Br)cc1C(=O)C(C)CC(=O)O. The lowest BCUT2D eigenvalue weighted by atomic mass is 9.96. The minimum absolute atomic E-state index is 0.186. The van der Waals surface area contributed by atoms with Gasteiger partial charge in [0, 0.05) is 10.4 Å². The van der Waals surface area contributed by atoms with Crippen molar-refractivity contribution in [3.05, 3.63) is 28.2 Å². The number of halogens is 1. The first-order valence-electron chi connectivity index (χ1n) is 5.05. The van der Waals surface area contributed by atoms with Gasteiger partial charge in [-0.05, 0) is 18.2 Å². The van der Waals surface area contributed by atoms with Crippen molar-refractivity contribution in [3.8, 4) is 5.75 Å². The first kappa shape index (κ1) is 13.7. The second-order valence-electron chi connectivity index (χ2n) is 3.71. The number of carbonyl (C=O) groups excluding carboxylic acids is 1. The van der Waals surface area contributed by atoms with Gasteiger partial charge in [-0.15, -0.1) is 0 Å². The number of methoxy groups -OCH3 is 1. The van der Waals surface area contributed by atoms with E-state index in [4.69, 9.17) is 9.84 Å². The van der Waals surface area contributed by atoms with Crippen LogP contribution in [0.5, 0.6) is 5.75 Å². The fourth-order valence-corrected chi connectivity index (χ4v) is 1.85. The highest BCUT2D eigenvalue weighted by atomic mass is 79.9. The number of ether oxygens (including phenoxy) is 1. The quantitative estimate of drug-likeness (QED) is 0.849. The predicted molar refractivity (Wildman–Crippen MR) is 66.4 cm³/mol. The Morgan fingerprint density at radius 2 is 2.12 bits per heavy atom. The number of carboxylic acids is 1. The summed E-state index contributed by atoms with van der Waals surface area (Å²) in [5.74, 6) is -1.34. The van der Waals surface area contributed by atoms with E-state index in [2.05, 4.69) is 15.9 Å². The van der Waals surface area contributed by atoms with E-state index in [-0.39, 0.29) is 12.2 Å². The van der Waals surface area contributed by atoms with Gasteiger partial charge >= 0.3 is 5.97 Å². The van der Waals surface area contributed by atoms with Gasteiger partial charge in [-0.25, -0.2) is 0 Å². The average Bonchev–Trinajstić information content (AvgIpc) is 2.27. The van der Waals surface area contributed by atoms with E-state index in [0.29, 0.717) is 11.3 Å². The van der Waals surface area contributed by atoms with Crippen molar-refractivity contribution in [1.29, 1.82) is 0 Å². The van der Waals surface area contributed by atoms with Crippen molar-refractivity contribution in [2.45, 2.75) is 13.3 Å². The van der Waals surface area contributed by atoms with Gasteiger partial charge in [-0.2, -0.15) is 0 Å². The molecule has 1 unspecified atom stereocenters. The Kier molecular flexibility index (Phi) is 4.69. The molecule has 1 rings (SSSR count). The van der Waals surface area contributed by atoms with Crippen LogP contribution in [0.4, 0.5) is 0 Å². The molecule has 17 heavy (non-hydrogen) atoms. The van der Waals surface area contributed by atoms with Gasteiger partial charge < -0.3 is 9.84 Å². The molecule has 0 aliphatic carbocycles. The smallest absolute Gasteiger partial charge is 0.304 e. The number of aliphatic carboxylic acids is 1. The largest absolute Gasteiger partial charge is 0.496 e. The lowest BCUT2D eigenvalue weighted by molar-refractivity contribution is -0.137. The number of rotatable bonds is 5. The van der Waals surface area contributed by atoms with E-state index in [9.17, 15) is 9.59 Å². The zero-order chi connectivity index (χ0) is 13.0. The molecule has 4 nitrogen and oxygen atoms in total. The summed E-state index contributed by atoms with van der Waals surface area (Å²) in [6.45, 7) is 1.59. The standard InChI is InChI=1S/C12H13BrO4/c1-7(5-11(14)15)12(16)9-6-8(13)3-4-10(9)17-2/h3-4,6-7H,5H2,1-2H3,(H,14,15). The molecule has 0 aliphatic heterocycles. The molecule has 0 amide bonds. The molecule has 0 saturated heterocycles. The summed E-state index contributed by atoms with van der Waals surface area (Å²) in [4.78, 5) is 22.6. The Morgan fingerprint density at radius 1 is 1.47 bits per heavy atom. The van der Waals surface area contributed by atoms with Crippen LogP contribution in [0.3, 0.4) is 0 Å². The maximum absolute atomic E-state index is 12.0. The number of hydrogen-bond acceptors (Lipinski definition) is 3. The normalized spacial score (nSPS) is 11.9. The summed E-state index contributed by atoms with van der Waals surface area (Å²) in [6.07, 6.45) is -0.186. The molecule has 1 atom stereocenters. The molecule has 1 aromatic carbocycles. The first-order chi connectivity index (χ1) is 7.95. The van der Waals surface area contributed by atoms with Crippen molar-refractivity contribution in [3.63, 3.8) is 0 Å². The highest BCUT2D eigenvalue weighted by Crippen LogP contribution is 2.26. The Bertz CT molecular complexity index is 442. The van der Waals surface area contributed by atoms with Gasteiger partial charge in [0.2, 0.25) is 0 Å². The van der Waals surface area contributed by atoms with E-state index in [1.165, 1.54) is 7.11 Å². The molecule has 0 aromatic heterocycles. The summed E-state index contributed by atoms with van der Waals surface area (Å²) >= 11 is 3.27. The predicted octanol–water partition coefficient (Wildman–Crippen LogP) is 2.75. The molecular weight excluding hydrogens is 288 g/mol. The summed E-state index contributed by atoms with van der Waals surface area (Å²) in [6, 6.07) is 5.07. The van der Waals surface area contributed by atoms with E-state index in [0.717, 1.165) is 4.47 Å². The zero-order valence-corrected chi connectivity index (χ0v) is 11.2. The molecule has 0 spiro atoms. The van der Waals surface area contributed by atoms with E-state index in [1.807, 2.05) is 0 Å². The van der Waals surface area contributed by atoms with E-state index in [1.54, 1.807) is 25.1 Å². The van der Waals surface area contributed by atoms with Crippen LogP contribution in [0, 0.1) is 5.92 Å². The van der Waals surface area contributed by atoms with Gasteiger partial charge in [0.25, 0.3) is 0 Å². The molecule has 0 heterocycles. The highest BCUT2D eigenvalue weighted by molar-refractivity contribution is 9.10. The van der Waals surface area contributed by atoms with Crippen molar-refractivity contribution in [2.75, 3.05) is 7.11 Å². The van der Waals surface area contributed by atoms with Gasteiger partial charge in [0.1, 0.15) is 5.75 Å². The molecule has 92 valence electrons. The molecule has 1 N–H and O–H groups in total. The second-order valence-corrected chi connectivity index (χ2v) is 4.62. The number of hydrogen-bond donors (Lipinski definition) is 1. The zero-order valence-electron chi connectivity index (χ0n) is 9.57. The number of carbonyl (C=O) groups is 2. The minimum atomic E-state index is -0.986. The molecular formula is C12H13BrO4. The lowest BCUT2D eigenvalue weighted by Gasteiger charge is -2.11. The highest BCUT2D eigenvalue weighted by Gasteiger charge is 2.21. The third-order valence-electron chi connectivity index (χ3n) is 2.36. The van der Waals surface area contributed by atoms with Crippen molar-refractivity contribution < 1.29 is 19.4 Å². The molecule has 0 saturated carbocycles.